The van der Waals surface area contributed by atoms with Crippen LogP contribution in [0, 0.1) is 0 Å². The third-order valence-electron chi connectivity index (χ3n) is 8.31. The summed E-state index contributed by atoms with van der Waals surface area (Å²) < 4.78 is 26.4. The lowest BCUT2D eigenvalue weighted by Gasteiger charge is -2.41. The maximum Gasteiger partial charge on any atom is 0.229 e. The Morgan fingerprint density at radius 1 is 1.02 bits per heavy atom. The molecule has 11 nitrogen and oxygen atoms in total. The van der Waals surface area contributed by atoms with Crippen molar-refractivity contribution in [3.63, 3.8) is 0 Å². The van der Waals surface area contributed by atoms with Crippen LogP contribution in [0.25, 0.3) is 0 Å². The number of hydrogen-bond donors (Lipinski definition) is 3. The van der Waals surface area contributed by atoms with E-state index in [0.717, 1.165) is 81.5 Å². The zero-order chi connectivity index (χ0) is 30.5. The fourth-order valence-corrected chi connectivity index (χ4v) is 6.60. The van der Waals surface area contributed by atoms with Crippen LogP contribution in [0.1, 0.15) is 25.3 Å². The topological polar surface area (TPSA) is 105 Å². The number of anilines is 6. The quantitative estimate of drug-likeness (QED) is 0.228. The number of hydrogen-bond acceptors (Lipinski definition) is 12. The second-order valence-electron chi connectivity index (χ2n) is 10.9. The van der Waals surface area contributed by atoms with Crippen LogP contribution in [0.3, 0.4) is 0 Å². The van der Waals surface area contributed by atoms with Crippen molar-refractivity contribution in [2.75, 3.05) is 86.2 Å². The predicted octanol–water partition coefficient (Wildman–Crippen LogP) is 5.95. The van der Waals surface area contributed by atoms with E-state index in [2.05, 4.69) is 49.2 Å². The Labute approximate surface area is 268 Å². The van der Waals surface area contributed by atoms with Gasteiger partial charge in [0.2, 0.25) is 5.95 Å². The molecule has 3 aliphatic heterocycles. The molecule has 2 aromatic carbocycles. The molecule has 3 N–H and O–H groups in total. The molecule has 2 fully saturated rings. The number of fused-ring (bicyclic) bond motifs is 1. The van der Waals surface area contributed by atoms with Gasteiger partial charge in [-0.05, 0) is 43.0 Å². The van der Waals surface area contributed by atoms with Crippen molar-refractivity contribution in [1.29, 1.82) is 0 Å². The molecule has 3 aliphatic rings. The summed E-state index contributed by atoms with van der Waals surface area (Å²) in [4.78, 5) is 14.3. The van der Waals surface area contributed by atoms with Crippen molar-refractivity contribution < 1.29 is 18.9 Å². The van der Waals surface area contributed by atoms with Crippen LogP contribution in [-0.2, 0) is 11.2 Å². The smallest absolute Gasteiger partial charge is 0.229 e. The van der Waals surface area contributed by atoms with E-state index in [0.29, 0.717) is 47.5 Å². The molecular weight excluding hydrogens is 602 g/mol. The van der Waals surface area contributed by atoms with Crippen molar-refractivity contribution >= 4 is 58.1 Å². The number of nitrogens with zero attached hydrogens (tertiary/aromatic N) is 4. The molecule has 236 valence electrons. The molecule has 0 bridgehead atoms. The second kappa shape index (κ2) is 14.2. The van der Waals surface area contributed by atoms with Gasteiger partial charge in [0.05, 0.1) is 37.9 Å². The van der Waals surface area contributed by atoms with Crippen molar-refractivity contribution in [2.24, 2.45) is 0 Å². The summed E-state index contributed by atoms with van der Waals surface area (Å²) >= 11 is 8.02. The highest BCUT2D eigenvalue weighted by Crippen LogP contribution is 2.45. The van der Waals surface area contributed by atoms with Gasteiger partial charge in [0.25, 0.3) is 0 Å². The number of methoxy groups -OCH3 is 1. The Balaban J connectivity index is 1.21. The summed E-state index contributed by atoms with van der Waals surface area (Å²) in [6, 6.07) is 8.70. The van der Waals surface area contributed by atoms with Gasteiger partial charge in [0.15, 0.2) is 17.3 Å². The predicted molar refractivity (Wildman–Crippen MR) is 178 cm³/mol. The molecule has 1 aromatic heterocycles. The summed E-state index contributed by atoms with van der Waals surface area (Å²) in [5.74, 6) is 2.94. The van der Waals surface area contributed by atoms with E-state index in [1.54, 1.807) is 13.3 Å². The first-order valence-electron chi connectivity index (χ1n) is 15.1. The van der Waals surface area contributed by atoms with E-state index in [9.17, 15) is 0 Å². The minimum Gasteiger partial charge on any atom is -0.494 e. The van der Waals surface area contributed by atoms with Gasteiger partial charge in [-0.25, -0.2) is 4.98 Å². The first-order valence-corrected chi connectivity index (χ1v) is 16.7. The monoisotopic (exact) mass is 641 g/mol. The van der Waals surface area contributed by atoms with Gasteiger partial charge in [-0.1, -0.05) is 30.5 Å². The molecule has 3 aromatic rings. The highest BCUT2D eigenvalue weighted by atomic mass is 35.5. The molecule has 0 spiro atoms. The summed E-state index contributed by atoms with van der Waals surface area (Å²) in [7, 11) is 1.69. The Hall–Kier alpha value is -3.32. The molecule has 0 atom stereocenters. The van der Waals surface area contributed by atoms with Crippen LogP contribution < -0.4 is 34.5 Å². The zero-order valence-electron chi connectivity index (χ0n) is 25.5. The van der Waals surface area contributed by atoms with Crippen LogP contribution in [0.2, 0.25) is 5.02 Å². The number of morpholine rings is 1. The number of benzene rings is 2. The van der Waals surface area contributed by atoms with Crippen LogP contribution in [-0.4, -0.2) is 86.9 Å². The van der Waals surface area contributed by atoms with Gasteiger partial charge < -0.3 is 39.2 Å². The van der Waals surface area contributed by atoms with E-state index in [-0.39, 0.29) is 0 Å². The number of ether oxygens (including phenoxy) is 4. The van der Waals surface area contributed by atoms with Gasteiger partial charge in [-0.15, -0.1) is 0 Å². The molecule has 2 saturated heterocycles. The first-order chi connectivity index (χ1) is 21.6. The fraction of sp³-hybridized carbons (Fsp3) is 0.484. The van der Waals surface area contributed by atoms with E-state index in [1.807, 2.05) is 18.4 Å². The number of piperidine rings is 1. The van der Waals surface area contributed by atoms with E-state index in [1.165, 1.54) is 23.2 Å². The van der Waals surface area contributed by atoms with Crippen LogP contribution >= 0.6 is 23.5 Å². The van der Waals surface area contributed by atoms with Gasteiger partial charge in [-0.3, -0.25) is 4.90 Å². The van der Waals surface area contributed by atoms with E-state index >= 15 is 0 Å². The van der Waals surface area contributed by atoms with Gasteiger partial charge in [0.1, 0.15) is 29.7 Å². The molecular formula is C31H40ClN7O4S. The van der Waals surface area contributed by atoms with Crippen molar-refractivity contribution in [1.82, 2.24) is 14.9 Å². The number of halogens is 1. The molecule has 0 radical (unpaired) electrons. The molecule has 13 heteroatoms. The summed E-state index contributed by atoms with van der Waals surface area (Å²) in [6.07, 6.45) is 6.72. The highest BCUT2D eigenvalue weighted by Gasteiger charge is 2.27. The normalized spacial score (nSPS) is 17.3. The largest absolute Gasteiger partial charge is 0.494 e. The Morgan fingerprint density at radius 2 is 1.82 bits per heavy atom. The third-order valence-corrected chi connectivity index (χ3v) is 8.99. The summed E-state index contributed by atoms with van der Waals surface area (Å²) in [5.41, 5.74) is 4.78. The van der Waals surface area contributed by atoms with Crippen LogP contribution in [0.5, 0.6) is 17.2 Å². The van der Waals surface area contributed by atoms with Crippen molar-refractivity contribution in [3.8, 4) is 17.2 Å². The van der Waals surface area contributed by atoms with E-state index < -0.39 is 0 Å². The standard InChI is InChI=1S/C31H40ClN7O4S/c1-4-20-17-24(27(40-2)18-25(20)39-9-7-21(8-10-39)38-11-13-41-14-12-38)35-31-33-19-22(32)30(36-31)34-23-5-6-26-29(28(23)37-44-3)43-16-15-42-26/h5-6,17-19,21,37H,4,7-16H2,1-3H3,(H2,33,34,35,36). The minimum absolute atomic E-state index is 0.387. The van der Waals surface area contributed by atoms with Gasteiger partial charge in [0, 0.05) is 50.2 Å². The molecule has 44 heavy (non-hydrogen) atoms. The lowest BCUT2D eigenvalue weighted by Crippen LogP contribution is -2.49. The minimum atomic E-state index is 0.387. The Morgan fingerprint density at radius 3 is 2.57 bits per heavy atom. The maximum atomic E-state index is 6.56. The average Bonchev–Trinajstić information content (AvgIpc) is 3.07. The molecule has 0 amide bonds. The Bertz CT molecular complexity index is 1450. The molecule has 0 saturated carbocycles. The molecule has 0 aliphatic carbocycles. The molecule has 6 rings (SSSR count). The average molecular weight is 642 g/mol. The molecule has 0 unspecified atom stereocenters. The van der Waals surface area contributed by atoms with Gasteiger partial charge >= 0.3 is 0 Å². The highest BCUT2D eigenvalue weighted by molar-refractivity contribution is 7.99. The number of aryl methyl sites for hydroxylation is 1. The SMILES string of the molecule is CCc1cc(Nc2ncc(Cl)c(Nc3ccc4c(c3NSC)OCCO4)n2)c(OC)cc1N1CCC(N2CCOCC2)CC1. The fourth-order valence-electron chi connectivity index (χ4n) is 6.06. The van der Waals surface area contributed by atoms with Crippen LogP contribution in [0.15, 0.2) is 30.5 Å². The van der Waals surface area contributed by atoms with Crippen molar-refractivity contribution in [2.45, 2.75) is 32.2 Å². The summed E-state index contributed by atoms with van der Waals surface area (Å²) in [5, 5.41) is 7.11. The molecule has 4 heterocycles. The first kappa shape index (κ1) is 30.7. The van der Waals surface area contributed by atoms with E-state index in [4.69, 9.17) is 35.5 Å². The maximum absolute atomic E-state index is 6.56. The number of aromatic nitrogens is 2. The summed E-state index contributed by atoms with van der Waals surface area (Å²) in [6.45, 7) is 8.98. The zero-order valence-corrected chi connectivity index (χ0v) is 27.0. The second-order valence-corrected chi connectivity index (χ2v) is 11.9. The Kier molecular flexibility index (Phi) is 9.90. The lowest BCUT2D eigenvalue weighted by molar-refractivity contribution is 0.0115. The van der Waals surface area contributed by atoms with Crippen LogP contribution in [0.4, 0.5) is 34.5 Å². The van der Waals surface area contributed by atoms with Gasteiger partial charge in [-0.2, -0.15) is 4.98 Å². The van der Waals surface area contributed by atoms with Crippen molar-refractivity contribution in [3.05, 3.63) is 41.0 Å². The number of rotatable bonds is 10. The third kappa shape index (κ3) is 6.68. The lowest BCUT2D eigenvalue weighted by atomic mass is 10.00. The number of nitrogens with one attached hydrogen (secondary N) is 3.